The van der Waals surface area contributed by atoms with Gasteiger partial charge in [-0.1, -0.05) is 0 Å². The molecule has 0 aliphatic heterocycles. The van der Waals surface area contributed by atoms with Gasteiger partial charge in [0.05, 0.1) is 13.2 Å². The maximum atomic E-state index is 12.1. The fourth-order valence-electron chi connectivity index (χ4n) is 2.15. The van der Waals surface area contributed by atoms with Crippen LogP contribution in [0.2, 0.25) is 0 Å². The lowest BCUT2D eigenvalue weighted by Gasteiger charge is -2.09. The Morgan fingerprint density at radius 3 is 2.19 bits per heavy atom. The van der Waals surface area contributed by atoms with Crippen molar-refractivity contribution >= 4 is 17.5 Å². The maximum absolute atomic E-state index is 12.1. The molecular formula is C19H23N3O4. The molecule has 2 aromatic rings. The normalized spacial score (nSPS) is 10.1. The van der Waals surface area contributed by atoms with Crippen molar-refractivity contribution in [2.75, 3.05) is 31.6 Å². The summed E-state index contributed by atoms with van der Waals surface area (Å²) in [5, 5.41) is 5.28. The molecule has 0 saturated carbocycles. The molecule has 26 heavy (non-hydrogen) atoms. The second kappa shape index (κ2) is 10.0. The first kappa shape index (κ1) is 19.3. The number of amides is 2. The Hall–Kier alpha value is -3.06. The van der Waals surface area contributed by atoms with Gasteiger partial charge in [0.25, 0.3) is 5.91 Å². The minimum Gasteiger partial charge on any atom is -0.494 e. The van der Waals surface area contributed by atoms with E-state index in [1.165, 1.54) is 0 Å². The van der Waals surface area contributed by atoms with Gasteiger partial charge >= 0.3 is 0 Å². The van der Waals surface area contributed by atoms with E-state index in [1.54, 1.807) is 48.5 Å². The number of rotatable bonds is 9. The highest BCUT2D eigenvalue weighted by molar-refractivity contribution is 5.99. The zero-order chi connectivity index (χ0) is 18.8. The predicted molar refractivity (Wildman–Crippen MR) is 99.6 cm³/mol. The molecule has 0 spiro atoms. The summed E-state index contributed by atoms with van der Waals surface area (Å²) in [5.41, 5.74) is 6.45. The smallest absolute Gasteiger partial charge is 0.251 e. The molecule has 2 aromatic carbocycles. The highest BCUT2D eigenvalue weighted by Crippen LogP contribution is 2.15. The highest BCUT2D eigenvalue weighted by Gasteiger charge is 2.08. The van der Waals surface area contributed by atoms with Crippen LogP contribution in [0.15, 0.2) is 48.5 Å². The number of benzene rings is 2. The average molecular weight is 357 g/mol. The molecule has 0 atom stereocenters. The Morgan fingerprint density at radius 2 is 1.58 bits per heavy atom. The SMILES string of the molecule is CCOc1ccc(C(=O)NCC(=O)Nc2ccc(OCCN)cc2)cc1. The zero-order valence-electron chi connectivity index (χ0n) is 14.7. The van der Waals surface area contributed by atoms with Crippen LogP contribution in [0.4, 0.5) is 5.69 Å². The molecule has 7 heteroatoms. The average Bonchev–Trinajstić information content (AvgIpc) is 2.66. The highest BCUT2D eigenvalue weighted by atomic mass is 16.5. The van der Waals surface area contributed by atoms with Crippen LogP contribution in [0.5, 0.6) is 11.5 Å². The summed E-state index contributed by atoms with van der Waals surface area (Å²) in [7, 11) is 0. The van der Waals surface area contributed by atoms with Gasteiger partial charge in [0, 0.05) is 17.8 Å². The van der Waals surface area contributed by atoms with Gasteiger partial charge in [-0.25, -0.2) is 0 Å². The van der Waals surface area contributed by atoms with E-state index in [0.717, 1.165) is 0 Å². The molecule has 0 aromatic heterocycles. The van der Waals surface area contributed by atoms with E-state index in [9.17, 15) is 9.59 Å². The van der Waals surface area contributed by atoms with Gasteiger partial charge in [-0.15, -0.1) is 0 Å². The van der Waals surface area contributed by atoms with Crippen molar-refractivity contribution in [3.8, 4) is 11.5 Å². The third kappa shape index (κ3) is 6.10. The Kier molecular flexibility index (Phi) is 7.45. The molecule has 0 aliphatic carbocycles. The number of nitrogens with two attached hydrogens (primary N) is 1. The monoisotopic (exact) mass is 357 g/mol. The summed E-state index contributed by atoms with van der Waals surface area (Å²) in [5.74, 6) is 0.728. The van der Waals surface area contributed by atoms with Crippen LogP contribution in [0, 0.1) is 0 Å². The summed E-state index contributed by atoms with van der Waals surface area (Å²) < 4.78 is 10.7. The molecule has 0 fully saturated rings. The molecule has 0 saturated heterocycles. The third-order valence-electron chi connectivity index (χ3n) is 3.36. The van der Waals surface area contributed by atoms with Crippen molar-refractivity contribution in [1.82, 2.24) is 5.32 Å². The molecule has 0 bridgehead atoms. The van der Waals surface area contributed by atoms with Crippen molar-refractivity contribution in [3.63, 3.8) is 0 Å². The predicted octanol–water partition coefficient (Wildman–Crippen LogP) is 1.79. The van der Waals surface area contributed by atoms with Crippen LogP contribution in [0.25, 0.3) is 0 Å². The molecule has 4 N–H and O–H groups in total. The lowest BCUT2D eigenvalue weighted by Crippen LogP contribution is -2.32. The summed E-state index contributed by atoms with van der Waals surface area (Å²) in [4.78, 5) is 24.0. The fourth-order valence-corrected chi connectivity index (χ4v) is 2.15. The van der Waals surface area contributed by atoms with Crippen LogP contribution in [0.3, 0.4) is 0 Å². The van der Waals surface area contributed by atoms with Crippen LogP contribution in [-0.4, -0.2) is 38.1 Å². The Balaban J connectivity index is 1.79. The number of anilines is 1. The summed E-state index contributed by atoms with van der Waals surface area (Å²) in [6, 6.07) is 13.7. The first-order valence-corrected chi connectivity index (χ1v) is 8.36. The molecule has 0 aliphatic rings. The van der Waals surface area contributed by atoms with Gasteiger partial charge in [-0.2, -0.15) is 0 Å². The molecule has 2 rings (SSSR count). The molecule has 0 radical (unpaired) electrons. The lowest BCUT2D eigenvalue weighted by atomic mass is 10.2. The van der Waals surface area contributed by atoms with E-state index >= 15 is 0 Å². The minimum absolute atomic E-state index is 0.128. The molecule has 7 nitrogen and oxygen atoms in total. The standard InChI is InChI=1S/C19H23N3O4/c1-2-25-16-7-3-14(4-8-16)19(24)21-13-18(23)22-15-5-9-17(10-6-15)26-12-11-20/h3-10H,2,11-13,20H2,1H3,(H,21,24)(H,22,23). The first-order valence-electron chi connectivity index (χ1n) is 8.36. The summed E-state index contributed by atoms with van der Waals surface area (Å²) in [6.07, 6.45) is 0. The van der Waals surface area contributed by atoms with Crippen molar-refractivity contribution in [2.45, 2.75) is 6.92 Å². The molecule has 0 heterocycles. The van der Waals surface area contributed by atoms with Crippen molar-refractivity contribution in [1.29, 1.82) is 0 Å². The maximum Gasteiger partial charge on any atom is 0.251 e. The van der Waals surface area contributed by atoms with Gasteiger partial charge in [0.15, 0.2) is 0 Å². The number of ether oxygens (including phenoxy) is 2. The number of hydrogen-bond donors (Lipinski definition) is 3. The van der Waals surface area contributed by atoms with Crippen molar-refractivity contribution in [3.05, 3.63) is 54.1 Å². The first-order chi connectivity index (χ1) is 12.6. The molecule has 2 amide bonds. The Labute approximate surface area is 152 Å². The number of hydrogen-bond acceptors (Lipinski definition) is 5. The molecule has 138 valence electrons. The van der Waals surface area contributed by atoms with Crippen molar-refractivity contribution < 1.29 is 19.1 Å². The minimum atomic E-state index is -0.325. The van der Waals surface area contributed by atoms with Gasteiger partial charge < -0.3 is 25.8 Å². The largest absolute Gasteiger partial charge is 0.494 e. The van der Waals surface area contributed by atoms with E-state index in [1.807, 2.05) is 6.92 Å². The second-order valence-electron chi connectivity index (χ2n) is 5.35. The third-order valence-corrected chi connectivity index (χ3v) is 3.36. The van der Waals surface area contributed by atoms with Gasteiger partial charge in [-0.05, 0) is 55.5 Å². The lowest BCUT2D eigenvalue weighted by molar-refractivity contribution is -0.115. The Morgan fingerprint density at radius 1 is 0.962 bits per heavy atom. The van der Waals surface area contributed by atoms with Crippen molar-refractivity contribution in [2.24, 2.45) is 5.73 Å². The van der Waals surface area contributed by atoms with E-state index in [-0.39, 0.29) is 18.4 Å². The van der Waals surface area contributed by atoms with Gasteiger partial charge in [0.1, 0.15) is 18.1 Å². The van der Waals surface area contributed by atoms with E-state index in [4.69, 9.17) is 15.2 Å². The van der Waals surface area contributed by atoms with E-state index in [0.29, 0.717) is 42.5 Å². The van der Waals surface area contributed by atoms with Crippen LogP contribution < -0.4 is 25.8 Å². The molecule has 0 unspecified atom stereocenters. The second-order valence-corrected chi connectivity index (χ2v) is 5.35. The zero-order valence-corrected chi connectivity index (χ0v) is 14.7. The van der Waals surface area contributed by atoms with E-state index in [2.05, 4.69) is 10.6 Å². The summed E-state index contributed by atoms with van der Waals surface area (Å²) >= 11 is 0. The van der Waals surface area contributed by atoms with Gasteiger partial charge in [-0.3, -0.25) is 9.59 Å². The quantitative estimate of drug-likeness (QED) is 0.635. The Bertz CT molecular complexity index is 715. The topological polar surface area (TPSA) is 103 Å². The summed E-state index contributed by atoms with van der Waals surface area (Å²) in [6.45, 7) is 3.19. The van der Waals surface area contributed by atoms with Gasteiger partial charge in [0.2, 0.25) is 5.91 Å². The fraction of sp³-hybridized carbons (Fsp3) is 0.263. The van der Waals surface area contributed by atoms with E-state index < -0.39 is 0 Å². The van der Waals surface area contributed by atoms with Crippen LogP contribution in [0.1, 0.15) is 17.3 Å². The number of carbonyl (C=O) groups excluding carboxylic acids is 2. The molecular weight excluding hydrogens is 334 g/mol. The number of carbonyl (C=O) groups is 2. The van der Waals surface area contributed by atoms with Crippen LogP contribution >= 0.6 is 0 Å². The van der Waals surface area contributed by atoms with Crippen LogP contribution in [-0.2, 0) is 4.79 Å². The number of nitrogens with one attached hydrogen (secondary N) is 2.